The summed E-state index contributed by atoms with van der Waals surface area (Å²) in [4.78, 5) is 8.08. The molecule has 0 radical (unpaired) electrons. The van der Waals surface area contributed by atoms with Gasteiger partial charge < -0.3 is 5.32 Å². The summed E-state index contributed by atoms with van der Waals surface area (Å²) in [6, 6.07) is 0.244. The predicted octanol–water partition coefficient (Wildman–Crippen LogP) is 2.81. The summed E-state index contributed by atoms with van der Waals surface area (Å²) in [5, 5.41) is 3.69. The Labute approximate surface area is 93.9 Å². The molecule has 0 spiro atoms. The van der Waals surface area contributed by atoms with Crippen molar-refractivity contribution in [3.05, 3.63) is 17.4 Å². The number of anilines is 1. The van der Waals surface area contributed by atoms with Gasteiger partial charge in [0, 0.05) is 11.9 Å². The molecule has 2 atom stereocenters. The van der Waals surface area contributed by atoms with Gasteiger partial charge in [0.1, 0.15) is 0 Å². The van der Waals surface area contributed by atoms with Gasteiger partial charge in [-0.05, 0) is 12.8 Å². The summed E-state index contributed by atoms with van der Waals surface area (Å²) in [6.07, 6.45) is 3.13. The van der Waals surface area contributed by atoms with Crippen LogP contribution >= 0.6 is 23.2 Å². The minimum absolute atomic E-state index is 0.244. The molecule has 5 heteroatoms. The first-order valence-electron chi connectivity index (χ1n) is 4.43. The van der Waals surface area contributed by atoms with E-state index in [0.29, 0.717) is 22.8 Å². The summed E-state index contributed by atoms with van der Waals surface area (Å²) < 4.78 is 0. The lowest BCUT2D eigenvalue weighted by Crippen LogP contribution is -2.25. The molecule has 0 fully saturated rings. The van der Waals surface area contributed by atoms with Crippen LogP contribution in [-0.4, -0.2) is 21.9 Å². The topological polar surface area (TPSA) is 37.8 Å². The van der Waals surface area contributed by atoms with Gasteiger partial charge in [0.25, 0.3) is 0 Å². The number of hydrogen-bond acceptors (Lipinski definition) is 3. The van der Waals surface area contributed by atoms with Gasteiger partial charge in [0.05, 0.1) is 17.4 Å². The second kappa shape index (κ2) is 5.37. The highest BCUT2D eigenvalue weighted by Crippen LogP contribution is 2.11. The standard InChI is InChI=1S/C9H13Cl2N3/c1-6(3-10)7(2)14-9-12-4-8(11)5-13-9/h4-7H,3H2,1-2H3,(H,12,13,14). The Morgan fingerprint density at radius 2 is 1.93 bits per heavy atom. The number of alkyl halides is 1. The number of nitrogens with one attached hydrogen (secondary N) is 1. The predicted molar refractivity (Wildman–Crippen MR) is 60.0 cm³/mol. The third-order valence-electron chi connectivity index (χ3n) is 2.07. The molecule has 0 aromatic carbocycles. The first-order chi connectivity index (χ1) is 6.63. The first-order valence-corrected chi connectivity index (χ1v) is 5.34. The van der Waals surface area contributed by atoms with E-state index in [1.807, 2.05) is 6.92 Å². The second-order valence-corrected chi connectivity index (χ2v) is 4.03. The van der Waals surface area contributed by atoms with Gasteiger partial charge in [0.2, 0.25) is 5.95 Å². The van der Waals surface area contributed by atoms with Crippen molar-refractivity contribution >= 4 is 29.2 Å². The lowest BCUT2D eigenvalue weighted by Gasteiger charge is -2.18. The Bertz CT molecular complexity index is 276. The minimum atomic E-state index is 0.244. The van der Waals surface area contributed by atoms with Crippen molar-refractivity contribution in [2.75, 3.05) is 11.2 Å². The Hall–Kier alpha value is -0.540. The van der Waals surface area contributed by atoms with Crippen LogP contribution in [0.3, 0.4) is 0 Å². The Balaban J connectivity index is 2.56. The molecule has 0 aliphatic carbocycles. The van der Waals surface area contributed by atoms with Crippen molar-refractivity contribution in [1.29, 1.82) is 0 Å². The molecular formula is C9H13Cl2N3. The summed E-state index contributed by atoms with van der Waals surface area (Å²) in [7, 11) is 0. The van der Waals surface area contributed by atoms with Crippen molar-refractivity contribution in [3.63, 3.8) is 0 Å². The molecule has 3 nitrogen and oxygen atoms in total. The van der Waals surface area contributed by atoms with Gasteiger partial charge in [0.15, 0.2) is 0 Å². The van der Waals surface area contributed by atoms with Crippen LogP contribution in [0.25, 0.3) is 0 Å². The zero-order valence-corrected chi connectivity index (χ0v) is 9.68. The molecular weight excluding hydrogens is 221 g/mol. The molecule has 0 aliphatic rings. The quantitative estimate of drug-likeness (QED) is 0.814. The Kier molecular flexibility index (Phi) is 4.42. The molecule has 0 amide bonds. The highest BCUT2D eigenvalue weighted by Gasteiger charge is 2.11. The number of halogens is 2. The molecule has 0 saturated carbocycles. The van der Waals surface area contributed by atoms with E-state index >= 15 is 0 Å². The molecule has 1 N–H and O–H groups in total. The van der Waals surface area contributed by atoms with E-state index in [-0.39, 0.29) is 6.04 Å². The van der Waals surface area contributed by atoms with Crippen molar-refractivity contribution < 1.29 is 0 Å². The lowest BCUT2D eigenvalue weighted by molar-refractivity contribution is 0.562. The van der Waals surface area contributed by atoms with Crippen molar-refractivity contribution in [1.82, 2.24) is 9.97 Å². The number of aromatic nitrogens is 2. The average Bonchev–Trinajstić information content (AvgIpc) is 2.20. The van der Waals surface area contributed by atoms with Crippen LogP contribution in [0.2, 0.25) is 5.02 Å². The van der Waals surface area contributed by atoms with Gasteiger partial charge >= 0.3 is 0 Å². The molecule has 78 valence electrons. The van der Waals surface area contributed by atoms with Crippen LogP contribution < -0.4 is 5.32 Å². The third kappa shape index (κ3) is 3.31. The van der Waals surface area contributed by atoms with E-state index in [2.05, 4.69) is 22.2 Å². The maximum atomic E-state index is 5.74. The normalized spacial score (nSPS) is 14.9. The summed E-state index contributed by atoms with van der Waals surface area (Å²) in [5.41, 5.74) is 0. The number of nitrogens with zero attached hydrogens (tertiary/aromatic N) is 2. The molecule has 0 saturated heterocycles. The fraction of sp³-hybridized carbons (Fsp3) is 0.556. The fourth-order valence-corrected chi connectivity index (χ4v) is 1.23. The van der Waals surface area contributed by atoms with E-state index in [9.17, 15) is 0 Å². The first kappa shape index (κ1) is 11.5. The highest BCUT2D eigenvalue weighted by molar-refractivity contribution is 6.30. The molecule has 0 aliphatic heterocycles. The molecule has 0 bridgehead atoms. The largest absolute Gasteiger partial charge is 0.351 e. The van der Waals surface area contributed by atoms with Crippen molar-refractivity contribution in [3.8, 4) is 0 Å². The van der Waals surface area contributed by atoms with Crippen LogP contribution in [0.4, 0.5) is 5.95 Å². The molecule has 14 heavy (non-hydrogen) atoms. The second-order valence-electron chi connectivity index (χ2n) is 3.29. The molecule has 1 rings (SSSR count). The van der Waals surface area contributed by atoms with E-state index in [0.717, 1.165) is 0 Å². The van der Waals surface area contributed by atoms with Crippen LogP contribution in [0.15, 0.2) is 12.4 Å². The van der Waals surface area contributed by atoms with Gasteiger partial charge in [-0.15, -0.1) is 11.6 Å². The smallest absolute Gasteiger partial charge is 0.222 e. The fourth-order valence-electron chi connectivity index (χ4n) is 0.866. The average molecular weight is 234 g/mol. The van der Waals surface area contributed by atoms with Crippen molar-refractivity contribution in [2.24, 2.45) is 5.92 Å². The Morgan fingerprint density at radius 3 is 2.43 bits per heavy atom. The number of rotatable bonds is 4. The third-order valence-corrected chi connectivity index (χ3v) is 2.76. The van der Waals surface area contributed by atoms with Crippen LogP contribution in [0, 0.1) is 5.92 Å². The van der Waals surface area contributed by atoms with E-state index in [1.54, 1.807) is 12.4 Å². The van der Waals surface area contributed by atoms with E-state index in [4.69, 9.17) is 23.2 Å². The van der Waals surface area contributed by atoms with E-state index < -0.39 is 0 Å². The van der Waals surface area contributed by atoms with Gasteiger partial charge in [-0.1, -0.05) is 18.5 Å². The van der Waals surface area contributed by atoms with Crippen LogP contribution in [0.5, 0.6) is 0 Å². The lowest BCUT2D eigenvalue weighted by atomic mass is 10.1. The monoisotopic (exact) mass is 233 g/mol. The van der Waals surface area contributed by atoms with Gasteiger partial charge in [-0.25, -0.2) is 9.97 Å². The van der Waals surface area contributed by atoms with Crippen molar-refractivity contribution in [2.45, 2.75) is 19.9 Å². The van der Waals surface area contributed by atoms with Crippen LogP contribution in [-0.2, 0) is 0 Å². The SMILES string of the molecule is CC(CCl)C(C)Nc1ncc(Cl)cn1. The zero-order chi connectivity index (χ0) is 10.6. The maximum absolute atomic E-state index is 5.74. The summed E-state index contributed by atoms with van der Waals surface area (Å²) in [6.45, 7) is 4.12. The van der Waals surface area contributed by atoms with Gasteiger partial charge in [-0.2, -0.15) is 0 Å². The van der Waals surface area contributed by atoms with Crippen LogP contribution in [0.1, 0.15) is 13.8 Å². The maximum Gasteiger partial charge on any atom is 0.222 e. The molecule has 1 aromatic heterocycles. The highest BCUT2D eigenvalue weighted by atomic mass is 35.5. The number of hydrogen-bond donors (Lipinski definition) is 1. The molecule has 2 unspecified atom stereocenters. The minimum Gasteiger partial charge on any atom is -0.351 e. The van der Waals surface area contributed by atoms with Gasteiger partial charge in [-0.3, -0.25) is 0 Å². The van der Waals surface area contributed by atoms with E-state index in [1.165, 1.54) is 0 Å². The summed E-state index contributed by atoms with van der Waals surface area (Å²) >= 11 is 11.4. The Morgan fingerprint density at radius 1 is 1.36 bits per heavy atom. The molecule has 1 aromatic rings. The molecule has 1 heterocycles. The summed E-state index contributed by atoms with van der Waals surface area (Å²) in [5.74, 6) is 1.57. The zero-order valence-electron chi connectivity index (χ0n) is 8.17.